The number of anilines is 2. The quantitative estimate of drug-likeness (QED) is 0.831. The van der Waals surface area contributed by atoms with Crippen LogP contribution in [0.3, 0.4) is 0 Å². The van der Waals surface area contributed by atoms with Gasteiger partial charge in [-0.3, -0.25) is 9.59 Å². The van der Waals surface area contributed by atoms with Gasteiger partial charge in [0.15, 0.2) is 0 Å². The zero-order valence-corrected chi connectivity index (χ0v) is 14.1. The standard InChI is InChI=1S/C16H23N5O3/c1-10-14(20-15(23)12-3-4-13(22)17-9-12)11(2)19-16(18-10)21-5-7-24-8-6-21/h12H,3-9H2,1-2H3,(H,17,22)(H,20,23). The highest BCUT2D eigenvalue weighted by Gasteiger charge is 2.26. The highest BCUT2D eigenvalue weighted by molar-refractivity contribution is 5.95. The third-order valence-corrected chi connectivity index (χ3v) is 4.44. The van der Waals surface area contributed by atoms with Crippen LogP contribution in [0.2, 0.25) is 0 Å². The number of carbonyl (C=O) groups excluding carboxylic acids is 2. The number of amides is 2. The number of hydrogen-bond donors (Lipinski definition) is 2. The fraction of sp³-hybridized carbons (Fsp3) is 0.625. The Balaban J connectivity index is 1.71. The first-order valence-electron chi connectivity index (χ1n) is 8.30. The molecule has 2 amide bonds. The van der Waals surface area contributed by atoms with Gasteiger partial charge in [0, 0.05) is 26.1 Å². The van der Waals surface area contributed by atoms with E-state index in [9.17, 15) is 9.59 Å². The molecule has 8 heteroatoms. The summed E-state index contributed by atoms with van der Waals surface area (Å²) in [7, 11) is 0. The van der Waals surface area contributed by atoms with Crippen molar-refractivity contribution in [1.82, 2.24) is 15.3 Å². The van der Waals surface area contributed by atoms with Crippen molar-refractivity contribution in [1.29, 1.82) is 0 Å². The topological polar surface area (TPSA) is 96.4 Å². The lowest BCUT2D eigenvalue weighted by atomic mass is 9.98. The van der Waals surface area contributed by atoms with E-state index in [4.69, 9.17) is 4.74 Å². The predicted octanol–water partition coefficient (Wildman–Crippen LogP) is 0.395. The van der Waals surface area contributed by atoms with Gasteiger partial charge in [0.05, 0.1) is 36.2 Å². The van der Waals surface area contributed by atoms with Crippen molar-refractivity contribution in [3.05, 3.63) is 11.4 Å². The first-order chi connectivity index (χ1) is 11.5. The normalized spacial score (nSPS) is 21.3. The first kappa shape index (κ1) is 16.6. The third-order valence-electron chi connectivity index (χ3n) is 4.44. The van der Waals surface area contributed by atoms with Gasteiger partial charge in [-0.1, -0.05) is 0 Å². The molecule has 0 aromatic carbocycles. The Morgan fingerprint density at radius 1 is 1.25 bits per heavy atom. The summed E-state index contributed by atoms with van der Waals surface area (Å²) in [5, 5.41) is 5.67. The molecule has 3 heterocycles. The molecule has 0 saturated carbocycles. The number of nitrogens with one attached hydrogen (secondary N) is 2. The molecule has 2 saturated heterocycles. The predicted molar refractivity (Wildman–Crippen MR) is 88.9 cm³/mol. The number of piperidine rings is 1. The van der Waals surface area contributed by atoms with E-state index in [0.29, 0.717) is 44.2 Å². The molecule has 1 aromatic heterocycles. The Labute approximate surface area is 141 Å². The number of carbonyl (C=O) groups is 2. The van der Waals surface area contributed by atoms with Crippen LogP contribution in [0.15, 0.2) is 0 Å². The van der Waals surface area contributed by atoms with Gasteiger partial charge in [0.2, 0.25) is 17.8 Å². The fourth-order valence-electron chi connectivity index (χ4n) is 2.97. The van der Waals surface area contributed by atoms with Crippen molar-refractivity contribution in [3.8, 4) is 0 Å². The molecule has 130 valence electrons. The molecule has 0 aliphatic carbocycles. The molecule has 2 fully saturated rings. The number of rotatable bonds is 3. The maximum atomic E-state index is 12.4. The highest BCUT2D eigenvalue weighted by atomic mass is 16.5. The van der Waals surface area contributed by atoms with E-state index < -0.39 is 0 Å². The number of nitrogens with zero attached hydrogens (tertiary/aromatic N) is 3. The van der Waals surface area contributed by atoms with E-state index in [0.717, 1.165) is 24.5 Å². The SMILES string of the molecule is Cc1nc(N2CCOCC2)nc(C)c1NC(=O)C1CCC(=O)NC1. The second kappa shape index (κ2) is 7.12. The first-order valence-corrected chi connectivity index (χ1v) is 8.30. The van der Waals surface area contributed by atoms with Crippen LogP contribution in [-0.4, -0.2) is 54.6 Å². The molecule has 8 nitrogen and oxygen atoms in total. The van der Waals surface area contributed by atoms with Gasteiger partial charge >= 0.3 is 0 Å². The lowest BCUT2D eigenvalue weighted by molar-refractivity contribution is -0.126. The van der Waals surface area contributed by atoms with Crippen LogP contribution in [0.25, 0.3) is 0 Å². The summed E-state index contributed by atoms with van der Waals surface area (Å²) in [4.78, 5) is 34.8. The van der Waals surface area contributed by atoms with Crippen LogP contribution in [0.1, 0.15) is 24.2 Å². The smallest absolute Gasteiger partial charge is 0.229 e. The number of aryl methyl sites for hydroxylation is 2. The van der Waals surface area contributed by atoms with Crippen molar-refractivity contribution in [3.63, 3.8) is 0 Å². The summed E-state index contributed by atoms with van der Waals surface area (Å²) >= 11 is 0. The maximum absolute atomic E-state index is 12.4. The molecule has 2 aliphatic heterocycles. The van der Waals surface area contributed by atoms with Gasteiger partial charge in [0.25, 0.3) is 0 Å². The van der Waals surface area contributed by atoms with Gasteiger partial charge in [0.1, 0.15) is 0 Å². The van der Waals surface area contributed by atoms with E-state index in [-0.39, 0.29) is 17.7 Å². The van der Waals surface area contributed by atoms with Gasteiger partial charge in [-0.15, -0.1) is 0 Å². The average molecular weight is 333 g/mol. The summed E-state index contributed by atoms with van der Waals surface area (Å²) in [5.74, 6) is 0.380. The van der Waals surface area contributed by atoms with E-state index in [2.05, 4.69) is 25.5 Å². The Kier molecular flexibility index (Phi) is 4.94. The van der Waals surface area contributed by atoms with Crippen LogP contribution < -0.4 is 15.5 Å². The van der Waals surface area contributed by atoms with E-state index >= 15 is 0 Å². The second-order valence-corrected chi connectivity index (χ2v) is 6.20. The van der Waals surface area contributed by atoms with Gasteiger partial charge in [-0.25, -0.2) is 9.97 Å². The Hall–Kier alpha value is -2.22. The molecule has 0 bridgehead atoms. The van der Waals surface area contributed by atoms with Crippen molar-refractivity contribution in [2.24, 2.45) is 5.92 Å². The molecule has 24 heavy (non-hydrogen) atoms. The van der Waals surface area contributed by atoms with Crippen LogP contribution >= 0.6 is 0 Å². The van der Waals surface area contributed by atoms with Crippen molar-refractivity contribution in [2.45, 2.75) is 26.7 Å². The van der Waals surface area contributed by atoms with Gasteiger partial charge < -0.3 is 20.3 Å². The number of ether oxygens (including phenoxy) is 1. The minimum Gasteiger partial charge on any atom is -0.378 e. The maximum Gasteiger partial charge on any atom is 0.229 e. The van der Waals surface area contributed by atoms with E-state index in [1.807, 2.05) is 13.8 Å². The number of morpholine rings is 1. The van der Waals surface area contributed by atoms with Crippen LogP contribution in [0.4, 0.5) is 11.6 Å². The molecule has 1 unspecified atom stereocenters. The summed E-state index contributed by atoms with van der Waals surface area (Å²) < 4.78 is 5.35. The lowest BCUT2D eigenvalue weighted by Crippen LogP contribution is -2.40. The molecular formula is C16H23N5O3. The van der Waals surface area contributed by atoms with Crippen LogP contribution in [-0.2, 0) is 14.3 Å². The Morgan fingerprint density at radius 2 is 1.92 bits per heavy atom. The number of hydrogen-bond acceptors (Lipinski definition) is 6. The van der Waals surface area contributed by atoms with E-state index in [1.54, 1.807) is 0 Å². The molecule has 2 N–H and O–H groups in total. The summed E-state index contributed by atoms with van der Waals surface area (Å²) in [6.45, 7) is 7.02. The fourth-order valence-corrected chi connectivity index (χ4v) is 2.97. The summed E-state index contributed by atoms with van der Waals surface area (Å²) in [5.41, 5.74) is 2.16. The molecule has 0 radical (unpaired) electrons. The molecule has 1 aromatic rings. The molecular weight excluding hydrogens is 310 g/mol. The van der Waals surface area contributed by atoms with Crippen molar-refractivity contribution in [2.75, 3.05) is 43.1 Å². The minimum atomic E-state index is -0.208. The molecule has 3 rings (SSSR count). The van der Waals surface area contributed by atoms with Crippen molar-refractivity contribution < 1.29 is 14.3 Å². The molecule has 2 aliphatic rings. The average Bonchev–Trinajstić information content (AvgIpc) is 2.59. The Bertz CT molecular complexity index is 610. The number of aromatic nitrogens is 2. The molecule has 0 spiro atoms. The summed E-state index contributed by atoms with van der Waals surface area (Å²) in [6, 6.07) is 0. The zero-order valence-electron chi connectivity index (χ0n) is 14.1. The monoisotopic (exact) mass is 333 g/mol. The van der Waals surface area contributed by atoms with E-state index in [1.165, 1.54) is 0 Å². The summed E-state index contributed by atoms with van der Waals surface area (Å²) in [6.07, 6.45) is 0.963. The van der Waals surface area contributed by atoms with Crippen LogP contribution in [0.5, 0.6) is 0 Å². The minimum absolute atomic E-state index is 0.00427. The second-order valence-electron chi connectivity index (χ2n) is 6.20. The molecule has 1 atom stereocenters. The third kappa shape index (κ3) is 3.64. The Morgan fingerprint density at radius 3 is 2.50 bits per heavy atom. The van der Waals surface area contributed by atoms with Crippen molar-refractivity contribution >= 4 is 23.5 Å². The highest BCUT2D eigenvalue weighted by Crippen LogP contribution is 2.22. The largest absolute Gasteiger partial charge is 0.378 e. The zero-order chi connectivity index (χ0) is 17.1. The van der Waals surface area contributed by atoms with Crippen LogP contribution in [0, 0.1) is 19.8 Å². The van der Waals surface area contributed by atoms with Gasteiger partial charge in [-0.05, 0) is 20.3 Å². The van der Waals surface area contributed by atoms with Gasteiger partial charge in [-0.2, -0.15) is 0 Å². The lowest BCUT2D eigenvalue weighted by Gasteiger charge is -2.28.